The van der Waals surface area contributed by atoms with Gasteiger partial charge in [0, 0.05) is 55.1 Å². The molecule has 2 fully saturated rings. The van der Waals surface area contributed by atoms with Crippen molar-refractivity contribution in [3.05, 3.63) is 63.8 Å². The van der Waals surface area contributed by atoms with E-state index in [-0.39, 0.29) is 11.4 Å². The summed E-state index contributed by atoms with van der Waals surface area (Å²) in [6.45, 7) is 6.06. The molecule has 0 unspecified atom stereocenters. The number of benzene rings is 1. The molecule has 0 amide bonds. The number of rotatable bonds is 4. The van der Waals surface area contributed by atoms with Crippen LogP contribution in [0.4, 0.5) is 10.1 Å². The monoisotopic (exact) mass is 369 g/mol. The van der Waals surface area contributed by atoms with Crippen LogP contribution in [0.15, 0.2) is 41.2 Å². The van der Waals surface area contributed by atoms with Crippen molar-refractivity contribution < 1.29 is 4.39 Å². The number of pyridine rings is 1. The highest BCUT2D eigenvalue weighted by Crippen LogP contribution is 2.36. The molecule has 2 atom stereocenters. The maximum Gasteiger partial charge on any atom is 0.251 e. The van der Waals surface area contributed by atoms with Gasteiger partial charge in [-0.1, -0.05) is 13.0 Å². The molecule has 1 aromatic carbocycles. The minimum Gasteiger partial charge on any atom is -0.369 e. The molecule has 4 nitrogen and oxygen atoms in total. The number of nitrogens with one attached hydrogen (secondary N) is 1. The van der Waals surface area contributed by atoms with E-state index in [1.807, 2.05) is 25.1 Å². The second-order valence-electron chi connectivity index (χ2n) is 7.78. The van der Waals surface area contributed by atoms with Gasteiger partial charge in [-0.15, -0.1) is 0 Å². The summed E-state index contributed by atoms with van der Waals surface area (Å²) >= 11 is 0. The van der Waals surface area contributed by atoms with Gasteiger partial charge in [0.15, 0.2) is 0 Å². The average Bonchev–Trinajstić information content (AvgIpc) is 3.19. The minimum atomic E-state index is -0.181. The Morgan fingerprint density at radius 2 is 1.78 bits per heavy atom. The van der Waals surface area contributed by atoms with Crippen LogP contribution in [0.1, 0.15) is 43.4 Å². The van der Waals surface area contributed by atoms with Crippen LogP contribution >= 0.6 is 0 Å². The number of hydrogen-bond donors (Lipinski definition) is 1. The first-order chi connectivity index (χ1) is 13.1. The third-order valence-corrected chi connectivity index (χ3v) is 6.26. The van der Waals surface area contributed by atoms with Crippen molar-refractivity contribution in [1.82, 2.24) is 9.88 Å². The first-order valence-corrected chi connectivity index (χ1v) is 10.1. The van der Waals surface area contributed by atoms with Gasteiger partial charge >= 0.3 is 0 Å². The summed E-state index contributed by atoms with van der Waals surface area (Å²) in [5.74, 6) is 0.281. The van der Waals surface area contributed by atoms with Gasteiger partial charge in [-0.25, -0.2) is 4.39 Å². The van der Waals surface area contributed by atoms with Gasteiger partial charge in [0.25, 0.3) is 5.56 Å². The Hall–Kier alpha value is -2.14. The minimum absolute atomic E-state index is 0.0753. The van der Waals surface area contributed by atoms with E-state index >= 15 is 0 Å². The van der Waals surface area contributed by atoms with E-state index in [9.17, 15) is 9.18 Å². The Morgan fingerprint density at radius 1 is 1.04 bits per heavy atom. The molecule has 1 aliphatic carbocycles. The van der Waals surface area contributed by atoms with Crippen molar-refractivity contribution in [3.8, 4) is 0 Å². The van der Waals surface area contributed by atoms with Crippen LogP contribution in [-0.2, 0) is 6.42 Å². The number of H-pyrrole nitrogens is 1. The fraction of sp³-hybridized carbons (Fsp3) is 0.500. The fourth-order valence-electron chi connectivity index (χ4n) is 4.60. The van der Waals surface area contributed by atoms with Gasteiger partial charge in [0.1, 0.15) is 5.82 Å². The van der Waals surface area contributed by atoms with Crippen LogP contribution < -0.4 is 10.5 Å². The molecule has 0 bridgehead atoms. The highest BCUT2D eigenvalue weighted by Gasteiger charge is 2.32. The second-order valence-corrected chi connectivity index (χ2v) is 7.78. The molecule has 27 heavy (non-hydrogen) atoms. The molecule has 1 aromatic heterocycles. The lowest BCUT2D eigenvalue weighted by molar-refractivity contribution is 0.186. The number of hydrogen-bond acceptors (Lipinski definition) is 3. The summed E-state index contributed by atoms with van der Waals surface area (Å²) in [5.41, 5.74) is 3.15. The molecule has 1 aliphatic heterocycles. The van der Waals surface area contributed by atoms with Crippen LogP contribution in [0.3, 0.4) is 0 Å². The van der Waals surface area contributed by atoms with E-state index in [4.69, 9.17) is 0 Å². The summed E-state index contributed by atoms with van der Waals surface area (Å²) < 4.78 is 13.1. The SMILES string of the molecule is CCc1ccc([C@@H]2CC[C@H](N3CCN(c4ccc(F)cc4)CC3)C2)[nH]c1=O. The highest BCUT2D eigenvalue weighted by molar-refractivity contribution is 5.46. The number of anilines is 1. The summed E-state index contributed by atoms with van der Waals surface area (Å²) in [6, 6.07) is 11.5. The van der Waals surface area contributed by atoms with Gasteiger partial charge in [-0.3, -0.25) is 9.69 Å². The van der Waals surface area contributed by atoms with Gasteiger partial charge in [0.05, 0.1) is 0 Å². The Labute approximate surface area is 160 Å². The number of nitrogens with zero attached hydrogens (tertiary/aromatic N) is 2. The number of piperazine rings is 1. The quantitative estimate of drug-likeness (QED) is 0.896. The third-order valence-electron chi connectivity index (χ3n) is 6.26. The van der Waals surface area contributed by atoms with E-state index < -0.39 is 0 Å². The second kappa shape index (κ2) is 7.85. The Balaban J connectivity index is 1.34. The standard InChI is InChI=1S/C22H28FN3O/c1-2-16-4-10-21(24-22(16)27)17-3-7-20(15-17)26-13-11-25(12-14-26)19-8-5-18(23)6-9-19/h4-6,8-10,17,20H,2-3,7,11-15H2,1H3,(H,24,27)/t17-,20+/m1/s1. The summed E-state index contributed by atoms with van der Waals surface area (Å²) in [4.78, 5) is 20.2. The van der Waals surface area contributed by atoms with Crippen molar-refractivity contribution >= 4 is 5.69 Å². The van der Waals surface area contributed by atoms with Crippen LogP contribution in [0.5, 0.6) is 0 Å². The van der Waals surface area contributed by atoms with Crippen molar-refractivity contribution in [2.24, 2.45) is 0 Å². The molecule has 1 N–H and O–H groups in total. The molecule has 4 rings (SSSR count). The Bertz CT molecular complexity index is 824. The molecule has 0 spiro atoms. The molecule has 2 heterocycles. The number of aromatic amines is 1. The number of aromatic nitrogens is 1. The van der Waals surface area contributed by atoms with Crippen LogP contribution in [0, 0.1) is 5.82 Å². The van der Waals surface area contributed by atoms with Gasteiger partial charge in [-0.05, 0) is 56.0 Å². The highest BCUT2D eigenvalue weighted by atomic mass is 19.1. The van der Waals surface area contributed by atoms with Crippen molar-refractivity contribution in [2.45, 2.75) is 44.6 Å². The van der Waals surface area contributed by atoms with Crippen molar-refractivity contribution in [2.75, 3.05) is 31.1 Å². The lowest BCUT2D eigenvalue weighted by Crippen LogP contribution is -2.49. The van der Waals surface area contributed by atoms with E-state index in [2.05, 4.69) is 20.9 Å². The van der Waals surface area contributed by atoms with Gasteiger partial charge in [-0.2, -0.15) is 0 Å². The van der Waals surface area contributed by atoms with E-state index in [0.717, 1.165) is 62.4 Å². The Kier molecular flexibility index (Phi) is 5.30. The molecule has 5 heteroatoms. The molecular formula is C22H28FN3O. The zero-order valence-electron chi connectivity index (χ0n) is 16.0. The number of halogens is 1. The molecule has 2 aromatic rings. The number of aryl methyl sites for hydroxylation is 1. The van der Waals surface area contributed by atoms with E-state index in [1.165, 1.54) is 18.6 Å². The van der Waals surface area contributed by atoms with Crippen LogP contribution in [-0.4, -0.2) is 42.1 Å². The largest absolute Gasteiger partial charge is 0.369 e. The molecular weight excluding hydrogens is 341 g/mol. The topological polar surface area (TPSA) is 39.3 Å². The first kappa shape index (κ1) is 18.2. The predicted molar refractivity (Wildman–Crippen MR) is 107 cm³/mol. The Morgan fingerprint density at radius 3 is 2.44 bits per heavy atom. The smallest absolute Gasteiger partial charge is 0.251 e. The summed E-state index contributed by atoms with van der Waals surface area (Å²) in [5, 5.41) is 0. The lowest BCUT2D eigenvalue weighted by Gasteiger charge is -2.39. The fourth-order valence-corrected chi connectivity index (χ4v) is 4.60. The van der Waals surface area contributed by atoms with Crippen molar-refractivity contribution in [1.29, 1.82) is 0 Å². The molecule has 0 radical (unpaired) electrons. The normalized spacial score (nSPS) is 23.7. The molecule has 144 valence electrons. The third kappa shape index (κ3) is 3.93. The molecule has 2 aliphatic rings. The van der Waals surface area contributed by atoms with Crippen LogP contribution in [0.25, 0.3) is 0 Å². The lowest BCUT2D eigenvalue weighted by atomic mass is 10.0. The molecule has 1 saturated heterocycles. The van der Waals surface area contributed by atoms with Gasteiger partial charge in [0.2, 0.25) is 0 Å². The predicted octanol–water partition coefficient (Wildman–Crippen LogP) is 3.53. The van der Waals surface area contributed by atoms with Crippen molar-refractivity contribution in [3.63, 3.8) is 0 Å². The van der Waals surface area contributed by atoms with Crippen LogP contribution in [0.2, 0.25) is 0 Å². The summed E-state index contributed by atoms with van der Waals surface area (Å²) in [6.07, 6.45) is 4.24. The zero-order valence-corrected chi connectivity index (χ0v) is 16.0. The van der Waals surface area contributed by atoms with E-state index in [0.29, 0.717) is 12.0 Å². The average molecular weight is 369 g/mol. The first-order valence-electron chi connectivity index (χ1n) is 10.1. The summed E-state index contributed by atoms with van der Waals surface area (Å²) in [7, 11) is 0. The maximum atomic E-state index is 13.1. The van der Waals surface area contributed by atoms with Gasteiger partial charge < -0.3 is 9.88 Å². The molecule has 1 saturated carbocycles. The zero-order chi connectivity index (χ0) is 18.8. The van der Waals surface area contributed by atoms with E-state index in [1.54, 1.807) is 0 Å². The maximum absolute atomic E-state index is 13.1.